The average molecular weight is 309 g/mol. The van der Waals surface area contributed by atoms with Crippen molar-refractivity contribution in [1.82, 2.24) is 4.90 Å². The maximum absolute atomic E-state index is 12.8. The van der Waals surface area contributed by atoms with Crippen molar-refractivity contribution in [3.8, 4) is 5.75 Å². The van der Waals surface area contributed by atoms with Crippen molar-refractivity contribution in [2.75, 3.05) is 19.7 Å². The number of carboxylic acids is 1. The number of carbonyl (C=O) groups is 2. The molecule has 5 nitrogen and oxygen atoms in total. The molecule has 1 N–H and O–H groups in total. The summed E-state index contributed by atoms with van der Waals surface area (Å²) in [6.07, 6.45) is 0.447. The van der Waals surface area contributed by atoms with E-state index in [0.29, 0.717) is 18.7 Å². The van der Waals surface area contributed by atoms with Gasteiger partial charge in [0.2, 0.25) is 0 Å². The number of ether oxygens (including phenoxy) is 1. The van der Waals surface area contributed by atoms with E-state index in [1.54, 1.807) is 0 Å². The fourth-order valence-electron chi connectivity index (χ4n) is 2.71. The molecule has 0 aromatic heterocycles. The lowest BCUT2D eigenvalue weighted by molar-refractivity contribution is -0.151. The van der Waals surface area contributed by atoms with Gasteiger partial charge in [-0.05, 0) is 36.6 Å². The van der Waals surface area contributed by atoms with Crippen LogP contribution in [0.15, 0.2) is 24.3 Å². The van der Waals surface area contributed by atoms with Gasteiger partial charge in [0.1, 0.15) is 11.6 Å². The Balaban J connectivity index is 1.94. The highest BCUT2D eigenvalue weighted by molar-refractivity contribution is 5.81. The first-order valence-electron chi connectivity index (χ1n) is 7.25. The molecule has 0 aliphatic carbocycles. The van der Waals surface area contributed by atoms with Crippen molar-refractivity contribution in [1.29, 1.82) is 0 Å². The molecule has 0 saturated carbocycles. The molecule has 1 unspecified atom stereocenters. The van der Waals surface area contributed by atoms with Gasteiger partial charge < -0.3 is 14.7 Å². The maximum Gasteiger partial charge on any atom is 0.311 e. The quantitative estimate of drug-likeness (QED) is 0.905. The van der Waals surface area contributed by atoms with E-state index in [1.807, 2.05) is 13.8 Å². The normalized spacial score (nSPS) is 21.2. The molecular weight excluding hydrogens is 289 g/mol. The summed E-state index contributed by atoms with van der Waals surface area (Å²) in [7, 11) is 0. The molecule has 0 spiro atoms. The molecule has 1 aromatic rings. The number of benzene rings is 1. The lowest BCUT2D eigenvalue weighted by Gasteiger charge is -2.28. The van der Waals surface area contributed by atoms with Crippen LogP contribution in [0.25, 0.3) is 0 Å². The van der Waals surface area contributed by atoms with Gasteiger partial charge in [0.25, 0.3) is 5.91 Å². The first-order chi connectivity index (χ1) is 10.3. The van der Waals surface area contributed by atoms with Crippen molar-refractivity contribution >= 4 is 11.9 Å². The molecule has 120 valence electrons. The summed E-state index contributed by atoms with van der Waals surface area (Å²) in [4.78, 5) is 25.2. The molecular formula is C16H20FNO4. The number of carbonyl (C=O) groups excluding carboxylic acids is 1. The molecule has 1 fully saturated rings. The number of hydrogen-bond donors (Lipinski definition) is 1. The number of rotatable bonds is 5. The fourth-order valence-corrected chi connectivity index (χ4v) is 2.71. The third-order valence-corrected chi connectivity index (χ3v) is 4.36. The van der Waals surface area contributed by atoms with Crippen LogP contribution in [0.4, 0.5) is 4.39 Å². The Labute approximate surface area is 128 Å². The Morgan fingerprint density at radius 1 is 1.36 bits per heavy atom. The lowest BCUT2D eigenvalue weighted by atomic mass is 9.76. The Hall–Kier alpha value is -2.11. The van der Waals surface area contributed by atoms with Gasteiger partial charge in [0.15, 0.2) is 6.61 Å². The van der Waals surface area contributed by atoms with Crippen molar-refractivity contribution in [3.63, 3.8) is 0 Å². The summed E-state index contributed by atoms with van der Waals surface area (Å²) in [6, 6.07) is 5.40. The minimum atomic E-state index is -0.883. The van der Waals surface area contributed by atoms with Crippen molar-refractivity contribution in [3.05, 3.63) is 30.1 Å². The van der Waals surface area contributed by atoms with Gasteiger partial charge in [-0.1, -0.05) is 13.8 Å². The monoisotopic (exact) mass is 309 g/mol. The van der Waals surface area contributed by atoms with Crippen molar-refractivity contribution in [2.24, 2.45) is 11.3 Å². The van der Waals surface area contributed by atoms with Gasteiger partial charge in [-0.25, -0.2) is 4.39 Å². The molecule has 1 amide bonds. The molecule has 1 aliphatic heterocycles. The van der Waals surface area contributed by atoms with E-state index in [9.17, 15) is 19.1 Å². The van der Waals surface area contributed by atoms with E-state index in [2.05, 4.69) is 0 Å². The molecule has 0 radical (unpaired) electrons. The van der Waals surface area contributed by atoms with Crippen LogP contribution in [0.1, 0.15) is 20.3 Å². The zero-order chi connectivity index (χ0) is 16.3. The van der Waals surface area contributed by atoms with Crippen LogP contribution >= 0.6 is 0 Å². The van der Waals surface area contributed by atoms with Crippen molar-refractivity contribution < 1.29 is 23.8 Å². The number of likely N-dealkylation sites (tertiary alicyclic amines) is 1. The van der Waals surface area contributed by atoms with Crippen molar-refractivity contribution in [2.45, 2.75) is 20.3 Å². The topological polar surface area (TPSA) is 66.8 Å². The molecule has 22 heavy (non-hydrogen) atoms. The molecule has 1 saturated heterocycles. The molecule has 0 bridgehead atoms. The molecule has 2 rings (SSSR count). The van der Waals surface area contributed by atoms with Gasteiger partial charge in [0, 0.05) is 13.1 Å². The van der Waals surface area contributed by atoms with Gasteiger partial charge in [-0.2, -0.15) is 0 Å². The summed E-state index contributed by atoms with van der Waals surface area (Å²) in [5.41, 5.74) is -0.883. The van der Waals surface area contributed by atoms with Crippen LogP contribution in [0, 0.1) is 17.2 Å². The second kappa shape index (κ2) is 6.34. The highest BCUT2D eigenvalue weighted by atomic mass is 19.1. The molecule has 1 atom stereocenters. The second-order valence-electron chi connectivity index (χ2n) is 5.92. The smallest absolute Gasteiger partial charge is 0.311 e. The standard InChI is InChI=1S/C16H20FNO4/c1-11(2)16(15(20)21)7-8-18(10-16)14(19)9-22-13-5-3-12(17)4-6-13/h3-6,11H,7-10H2,1-2H3,(H,20,21). The predicted molar refractivity (Wildman–Crippen MR) is 78.0 cm³/mol. The Kier molecular flexibility index (Phi) is 4.68. The lowest BCUT2D eigenvalue weighted by Crippen LogP contribution is -2.41. The number of hydrogen-bond acceptors (Lipinski definition) is 3. The third-order valence-electron chi connectivity index (χ3n) is 4.36. The van der Waals surface area contributed by atoms with E-state index in [0.717, 1.165) is 0 Å². The highest BCUT2D eigenvalue weighted by Gasteiger charge is 2.48. The summed E-state index contributed by atoms with van der Waals surface area (Å²) in [6.45, 7) is 4.15. The molecule has 1 heterocycles. The second-order valence-corrected chi connectivity index (χ2v) is 5.92. The Morgan fingerprint density at radius 2 is 2.00 bits per heavy atom. The first kappa shape index (κ1) is 16.3. The van der Waals surface area contributed by atoms with Gasteiger partial charge in [-0.15, -0.1) is 0 Å². The number of carboxylic acid groups (broad SMARTS) is 1. The minimum Gasteiger partial charge on any atom is -0.484 e. The van der Waals surface area contributed by atoms with Crippen LogP contribution in [0.2, 0.25) is 0 Å². The van der Waals surface area contributed by atoms with Crippen LogP contribution in [-0.4, -0.2) is 41.6 Å². The number of nitrogens with zero attached hydrogens (tertiary/aromatic N) is 1. The minimum absolute atomic E-state index is 0.0548. The average Bonchev–Trinajstić information content (AvgIpc) is 2.93. The van der Waals surface area contributed by atoms with Gasteiger partial charge in [-0.3, -0.25) is 9.59 Å². The zero-order valence-electron chi connectivity index (χ0n) is 12.7. The Morgan fingerprint density at radius 3 is 2.50 bits per heavy atom. The zero-order valence-corrected chi connectivity index (χ0v) is 12.7. The summed E-state index contributed by atoms with van der Waals surface area (Å²) >= 11 is 0. The number of halogens is 1. The maximum atomic E-state index is 12.8. The molecule has 6 heteroatoms. The van der Waals surface area contributed by atoms with E-state index < -0.39 is 11.4 Å². The Bertz CT molecular complexity index is 558. The third kappa shape index (κ3) is 3.21. The van der Waals surface area contributed by atoms with Gasteiger partial charge in [0.05, 0.1) is 5.41 Å². The summed E-state index contributed by atoms with van der Waals surface area (Å²) in [5.74, 6) is -1.14. The van der Waals surface area contributed by atoms with E-state index in [4.69, 9.17) is 4.74 Å². The number of amides is 1. The fraction of sp³-hybridized carbons (Fsp3) is 0.500. The van der Waals surface area contributed by atoms with Gasteiger partial charge >= 0.3 is 5.97 Å². The summed E-state index contributed by atoms with van der Waals surface area (Å²) < 4.78 is 18.1. The predicted octanol–water partition coefficient (Wildman–Crippen LogP) is 2.16. The van der Waals surface area contributed by atoms with Crippen LogP contribution in [0.3, 0.4) is 0 Å². The molecule has 1 aromatic carbocycles. The van der Waals surface area contributed by atoms with E-state index in [-0.39, 0.29) is 30.8 Å². The van der Waals surface area contributed by atoms with Crippen LogP contribution in [0.5, 0.6) is 5.75 Å². The first-order valence-corrected chi connectivity index (χ1v) is 7.25. The largest absolute Gasteiger partial charge is 0.484 e. The van der Waals surface area contributed by atoms with E-state index in [1.165, 1.54) is 29.2 Å². The van der Waals surface area contributed by atoms with Crippen LogP contribution < -0.4 is 4.74 Å². The SMILES string of the molecule is CC(C)C1(C(=O)O)CCN(C(=O)COc2ccc(F)cc2)C1. The van der Waals surface area contributed by atoms with E-state index >= 15 is 0 Å². The number of aliphatic carboxylic acids is 1. The highest BCUT2D eigenvalue weighted by Crippen LogP contribution is 2.38. The summed E-state index contributed by atoms with van der Waals surface area (Å²) in [5, 5.41) is 9.46. The van der Waals surface area contributed by atoms with Crippen LogP contribution in [-0.2, 0) is 9.59 Å². The molecule has 1 aliphatic rings.